The molecule has 112 valence electrons. The van der Waals surface area contributed by atoms with Crippen LogP contribution in [0.1, 0.15) is 27.0 Å². The fourth-order valence-electron chi connectivity index (χ4n) is 3.12. The summed E-state index contributed by atoms with van der Waals surface area (Å²) in [4.78, 5) is 24.8. The predicted octanol–water partition coefficient (Wildman–Crippen LogP) is 2.75. The topological polar surface area (TPSA) is 74.6 Å². The Morgan fingerprint density at radius 1 is 1.00 bits per heavy atom. The highest BCUT2D eigenvalue weighted by Gasteiger charge is 2.51. The molecule has 4 nitrogen and oxygen atoms in total. The summed E-state index contributed by atoms with van der Waals surface area (Å²) in [6.07, 6.45) is 0.315. The monoisotopic (exact) mass is 296 g/mol. The molecular weight excluding hydrogens is 280 g/mol. The number of fused-ring (bicyclic) bond motifs is 1. The first kappa shape index (κ1) is 14.3. The summed E-state index contributed by atoms with van der Waals surface area (Å²) in [5, 5.41) is 19.9. The van der Waals surface area contributed by atoms with Crippen molar-refractivity contribution in [2.75, 3.05) is 0 Å². The third-order valence-electron chi connectivity index (χ3n) is 4.43. The number of aryl methyl sites for hydroxylation is 1. The van der Waals surface area contributed by atoms with E-state index in [1.165, 1.54) is 6.07 Å². The van der Waals surface area contributed by atoms with E-state index in [1.807, 2.05) is 24.3 Å². The number of Topliss-reactive ketones (excluding diaryl/α,β-unsaturated/α-hetero) is 1. The molecule has 22 heavy (non-hydrogen) atoms. The normalized spacial score (nSPS) is 15.3. The van der Waals surface area contributed by atoms with E-state index >= 15 is 0 Å². The van der Waals surface area contributed by atoms with Crippen molar-refractivity contribution in [3.63, 3.8) is 0 Å². The molecule has 0 saturated carbocycles. The molecule has 2 aromatic rings. The van der Waals surface area contributed by atoms with E-state index < -0.39 is 17.2 Å². The maximum absolute atomic E-state index is 12.9. The first-order valence-electron chi connectivity index (χ1n) is 7.09. The average molecular weight is 296 g/mol. The molecule has 0 amide bonds. The van der Waals surface area contributed by atoms with Crippen molar-refractivity contribution in [1.82, 2.24) is 0 Å². The van der Waals surface area contributed by atoms with Gasteiger partial charge in [-0.05, 0) is 42.5 Å². The highest BCUT2D eigenvalue weighted by atomic mass is 16.4. The molecule has 0 spiro atoms. The average Bonchev–Trinajstić information content (AvgIpc) is 2.90. The number of benzene rings is 2. The van der Waals surface area contributed by atoms with Gasteiger partial charge in [0.15, 0.2) is 5.78 Å². The van der Waals surface area contributed by atoms with Crippen LogP contribution in [0.5, 0.6) is 5.75 Å². The number of hydrogen-bond donors (Lipinski definition) is 2. The number of carboxylic acids is 1. The van der Waals surface area contributed by atoms with Gasteiger partial charge in [-0.15, -0.1) is 0 Å². The van der Waals surface area contributed by atoms with Crippen LogP contribution in [0.4, 0.5) is 0 Å². The van der Waals surface area contributed by atoms with Gasteiger partial charge in [-0.3, -0.25) is 9.59 Å². The largest absolute Gasteiger partial charge is 0.507 e. The van der Waals surface area contributed by atoms with Crippen molar-refractivity contribution in [3.05, 3.63) is 64.7 Å². The van der Waals surface area contributed by atoms with Gasteiger partial charge < -0.3 is 10.2 Å². The van der Waals surface area contributed by atoms with Crippen LogP contribution >= 0.6 is 0 Å². The lowest BCUT2D eigenvalue weighted by Crippen LogP contribution is -2.40. The number of phenols is 1. The Bertz CT molecular complexity index is 751. The van der Waals surface area contributed by atoms with Crippen molar-refractivity contribution in [1.29, 1.82) is 0 Å². The molecule has 0 aromatic heterocycles. The number of carboxylic acid groups (broad SMARTS) is 1. The molecule has 1 aliphatic rings. The zero-order valence-electron chi connectivity index (χ0n) is 12.2. The van der Waals surface area contributed by atoms with Gasteiger partial charge in [0, 0.05) is 0 Å². The van der Waals surface area contributed by atoms with E-state index in [1.54, 1.807) is 19.1 Å². The van der Waals surface area contributed by atoms with Crippen LogP contribution in [0.25, 0.3) is 0 Å². The number of ketones is 1. The van der Waals surface area contributed by atoms with Crippen molar-refractivity contribution in [2.45, 2.75) is 19.8 Å². The molecule has 3 rings (SSSR count). The highest BCUT2D eigenvalue weighted by molar-refractivity contribution is 6.14. The Balaban J connectivity index is 2.09. The minimum atomic E-state index is -1.53. The Labute approximate surface area is 128 Å². The molecule has 0 bridgehead atoms. The lowest BCUT2D eigenvalue weighted by Gasteiger charge is -2.23. The number of carbonyl (C=O) groups is 2. The molecule has 0 saturated heterocycles. The highest BCUT2D eigenvalue weighted by Crippen LogP contribution is 2.41. The fourth-order valence-corrected chi connectivity index (χ4v) is 3.12. The SMILES string of the molecule is Cc1cccc(C(=O)C2(C(=O)O)Cc3ccccc3C2)c1O. The summed E-state index contributed by atoms with van der Waals surface area (Å²) in [6.45, 7) is 1.68. The molecule has 0 heterocycles. The molecule has 4 heteroatoms. The third kappa shape index (κ3) is 1.99. The second-order valence-corrected chi connectivity index (χ2v) is 5.81. The van der Waals surface area contributed by atoms with Gasteiger partial charge in [0.05, 0.1) is 5.56 Å². The molecule has 0 radical (unpaired) electrons. The molecule has 2 aromatic carbocycles. The van der Waals surface area contributed by atoms with Crippen LogP contribution in [-0.4, -0.2) is 22.0 Å². The summed E-state index contributed by atoms with van der Waals surface area (Å²) < 4.78 is 0. The van der Waals surface area contributed by atoms with Crippen molar-refractivity contribution in [3.8, 4) is 5.75 Å². The lowest BCUT2D eigenvalue weighted by atomic mass is 9.77. The predicted molar refractivity (Wildman–Crippen MR) is 81.1 cm³/mol. The Hall–Kier alpha value is -2.62. The van der Waals surface area contributed by atoms with Crippen molar-refractivity contribution < 1.29 is 19.8 Å². The zero-order chi connectivity index (χ0) is 15.9. The summed E-state index contributed by atoms with van der Waals surface area (Å²) in [5.74, 6) is -1.81. The van der Waals surface area contributed by atoms with Crippen LogP contribution < -0.4 is 0 Å². The molecule has 0 unspecified atom stereocenters. The standard InChI is InChI=1S/C18H16O4/c1-11-5-4-8-14(15(11)19)16(20)18(17(21)22)9-12-6-2-3-7-13(12)10-18/h2-8,19H,9-10H2,1H3,(H,21,22). The summed E-state index contributed by atoms with van der Waals surface area (Å²) in [7, 11) is 0. The summed E-state index contributed by atoms with van der Waals surface area (Å²) in [6, 6.07) is 12.2. The molecule has 0 aliphatic heterocycles. The molecule has 0 fully saturated rings. The summed E-state index contributed by atoms with van der Waals surface area (Å²) in [5.41, 5.74) is 0.863. The Morgan fingerprint density at radius 3 is 2.14 bits per heavy atom. The minimum Gasteiger partial charge on any atom is -0.507 e. The second kappa shape index (κ2) is 4.98. The number of phenolic OH excluding ortho intramolecular Hbond substituents is 1. The van der Waals surface area contributed by atoms with E-state index in [4.69, 9.17) is 0 Å². The maximum atomic E-state index is 12.9. The van der Waals surface area contributed by atoms with Gasteiger partial charge in [-0.25, -0.2) is 0 Å². The zero-order valence-corrected chi connectivity index (χ0v) is 12.2. The number of para-hydroxylation sites is 1. The Kier molecular flexibility index (Phi) is 3.24. The number of hydrogen-bond acceptors (Lipinski definition) is 3. The maximum Gasteiger partial charge on any atom is 0.318 e. The van der Waals surface area contributed by atoms with E-state index in [0.717, 1.165) is 11.1 Å². The van der Waals surface area contributed by atoms with E-state index in [2.05, 4.69) is 0 Å². The minimum absolute atomic E-state index is 0.0789. The number of carbonyl (C=O) groups excluding carboxylic acids is 1. The van der Waals surface area contributed by atoms with Crippen molar-refractivity contribution >= 4 is 11.8 Å². The lowest BCUT2D eigenvalue weighted by molar-refractivity contribution is -0.145. The van der Waals surface area contributed by atoms with Crippen LogP contribution in [0, 0.1) is 12.3 Å². The van der Waals surface area contributed by atoms with E-state index in [-0.39, 0.29) is 24.2 Å². The number of rotatable bonds is 3. The van der Waals surface area contributed by atoms with Gasteiger partial charge in [0.1, 0.15) is 11.2 Å². The second-order valence-electron chi connectivity index (χ2n) is 5.81. The Morgan fingerprint density at radius 2 is 1.59 bits per heavy atom. The first-order chi connectivity index (χ1) is 10.5. The van der Waals surface area contributed by atoms with Crippen LogP contribution in [0.2, 0.25) is 0 Å². The van der Waals surface area contributed by atoms with Crippen LogP contribution in [0.15, 0.2) is 42.5 Å². The van der Waals surface area contributed by atoms with Gasteiger partial charge in [0.25, 0.3) is 0 Å². The van der Waals surface area contributed by atoms with Gasteiger partial charge in [0.2, 0.25) is 0 Å². The molecule has 0 atom stereocenters. The van der Waals surface area contributed by atoms with Crippen molar-refractivity contribution in [2.24, 2.45) is 5.41 Å². The van der Waals surface area contributed by atoms with Gasteiger partial charge >= 0.3 is 5.97 Å². The van der Waals surface area contributed by atoms with Gasteiger partial charge in [-0.2, -0.15) is 0 Å². The quantitative estimate of drug-likeness (QED) is 0.674. The van der Waals surface area contributed by atoms with Gasteiger partial charge in [-0.1, -0.05) is 36.4 Å². The number of aromatic hydroxyl groups is 1. The fraction of sp³-hybridized carbons (Fsp3) is 0.222. The summed E-state index contributed by atoms with van der Waals surface area (Å²) >= 11 is 0. The van der Waals surface area contributed by atoms with Crippen LogP contribution in [0.3, 0.4) is 0 Å². The molecule has 1 aliphatic carbocycles. The molecular formula is C18H16O4. The first-order valence-corrected chi connectivity index (χ1v) is 7.09. The number of aliphatic carboxylic acids is 1. The van der Waals surface area contributed by atoms with E-state index in [0.29, 0.717) is 5.56 Å². The van der Waals surface area contributed by atoms with E-state index in [9.17, 15) is 19.8 Å². The molecule has 2 N–H and O–H groups in total. The van der Waals surface area contributed by atoms with Crippen LogP contribution in [-0.2, 0) is 17.6 Å². The third-order valence-corrected chi connectivity index (χ3v) is 4.43. The smallest absolute Gasteiger partial charge is 0.318 e.